The normalized spacial score (nSPS) is 11.8. The molecule has 1 atom stereocenters. The van der Waals surface area contributed by atoms with Gasteiger partial charge in [0.15, 0.2) is 0 Å². The van der Waals surface area contributed by atoms with Gasteiger partial charge in [0.25, 0.3) is 0 Å². The minimum Gasteiger partial charge on any atom is -0.358 e. The Kier molecular flexibility index (Phi) is 5.07. The smallest absolute Gasteiger partial charge is 0.246 e. The maximum Gasteiger partial charge on any atom is 0.246 e. The van der Waals surface area contributed by atoms with Gasteiger partial charge in [-0.25, -0.2) is 9.97 Å². The third-order valence-corrected chi connectivity index (χ3v) is 5.50. The van der Waals surface area contributed by atoms with Crippen LogP contribution in [0.1, 0.15) is 22.9 Å². The molecule has 0 spiro atoms. The standard InChI is InChI=1S/C18H16ClN5OS/c1-9-11(3)26-18-15(9)16(21-8-22-18)23-10(2)17(25)24-13-5-4-12(7-20)14(19)6-13/h4-6,8,10H,1-3H3,(H,24,25)(H,21,22,23)/t10-/m1/s1. The molecular weight excluding hydrogens is 370 g/mol. The molecule has 1 aromatic carbocycles. The van der Waals surface area contributed by atoms with E-state index in [4.69, 9.17) is 16.9 Å². The third-order valence-electron chi connectivity index (χ3n) is 4.07. The van der Waals surface area contributed by atoms with Gasteiger partial charge in [0.05, 0.1) is 16.0 Å². The number of hydrogen-bond acceptors (Lipinski definition) is 6. The van der Waals surface area contributed by atoms with Gasteiger partial charge in [0, 0.05) is 10.6 Å². The fourth-order valence-corrected chi connectivity index (χ4v) is 3.72. The summed E-state index contributed by atoms with van der Waals surface area (Å²) in [7, 11) is 0. The average Bonchev–Trinajstić information content (AvgIpc) is 2.90. The van der Waals surface area contributed by atoms with E-state index in [2.05, 4.69) is 20.6 Å². The highest BCUT2D eigenvalue weighted by atomic mass is 35.5. The number of hydrogen-bond donors (Lipinski definition) is 2. The first-order valence-corrected chi connectivity index (χ1v) is 9.08. The number of carbonyl (C=O) groups excluding carboxylic acids is 1. The molecule has 0 saturated heterocycles. The van der Waals surface area contributed by atoms with Crippen molar-refractivity contribution in [3.8, 4) is 6.07 Å². The van der Waals surface area contributed by atoms with E-state index >= 15 is 0 Å². The zero-order valence-electron chi connectivity index (χ0n) is 14.4. The van der Waals surface area contributed by atoms with E-state index in [0.717, 1.165) is 15.8 Å². The number of aromatic nitrogens is 2. The van der Waals surface area contributed by atoms with E-state index in [1.807, 2.05) is 19.9 Å². The number of carbonyl (C=O) groups is 1. The van der Waals surface area contributed by atoms with E-state index in [1.165, 1.54) is 11.2 Å². The van der Waals surface area contributed by atoms with Gasteiger partial charge in [-0.1, -0.05) is 11.6 Å². The maximum absolute atomic E-state index is 12.5. The van der Waals surface area contributed by atoms with E-state index in [9.17, 15) is 4.79 Å². The lowest BCUT2D eigenvalue weighted by molar-refractivity contribution is -0.116. The quantitative estimate of drug-likeness (QED) is 0.699. The van der Waals surface area contributed by atoms with Crippen molar-refractivity contribution >= 4 is 50.6 Å². The lowest BCUT2D eigenvalue weighted by Gasteiger charge is -2.15. The van der Waals surface area contributed by atoms with Crippen molar-refractivity contribution in [1.29, 1.82) is 5.26 Å². The summed E-state index contributed by atoms with van der Waals surface area (Å²) in [6.45, 7) is 5.81. The summed E-state index contributed by atoms with van der Waals surface area (Å²) in [6.07, 6.45) is 1.49. The SMILES string of the molecule is Cc1sc2ncnc(N[C@H](C)C(=O)Nc3ccc(C#N)c(Cl)c3)c2c1C. The number of rotatable bonds is 4. The molecule has 6 nitrogen and oxygen atoms in total. The molecule has 0 radical (unpaired) electrons. The minimum absolute atomic E-state index is 0.234. The van der Waals surface area contributed by atoms with E-state index in [1.54, 1.807) is 36.5 Å². The molecule has 8 heteroatoms. The zero-order valence-corrected chi connectivity index (χ0v) is 16.0. The summed E-state index contributed by atoms with van der Waals surface area (Å²) >= 11 is 7.61. The summed E-state index contributed by atoms with van der Waals surface area (Å²) in [5, 5.41) is 16.1. The Balaban J connectivity index is 1.78. The Bertz CT molecular complexity index is 1040. The van der Waals surface area contributed by atoms with Gasteiger partial charge < -0.3 is 10.6 Å². The van der Waals surface area contributed by atoms with Crippen LogP contribution in [0.2, 0.25) is 5.02 Å². The molecule has 3 rings (SSSR count). The number of amides is 1. The van der Waals surface area contributed by atoms with Gasteiger partial charge in [-0.3, -0.25) is 4.79 Å². The van der Waals surface area contributed by atoms with Crippen molar-refractivity contribution in [3.05, 3.63) is 45.6 Å². The summed E-state index contributed by atoms with van der Waals surface area (Å²) in [4.78, 5) is 23.1. The molecule has 2 aromatic heterocycles. The highest BCUT2D eigenvalue weighted by Crippen LogP contribution is 2.32. The van der Waals surface area contributed by atoms with Crippen LogP contribution in [0.5, 0.6) is 0 Å². The molecule has 2 N–H and O–H groups in total. The number of fused-ring (bicyclic) bond motifs is 1. The molecule has 0 saturated carbocycles. The Labute approximate surface area is 159 Å². The number of nitrogens with zero attached hydrogens (tertiary/aromatic N) is 3. The lowest BCUT2D eigenvalue weighted by atomic mass is 10.2. The molecule has 132 valence electrons. The van der Waals surface area contributed by atoms with Gasteiger partial charge in [-0.2, -0.15) is 5.26 Å². The first-order chi connectivity index (χ1) is 12.4. The number of thiophene rings is 1. The molecule has 2 heterocycles. The van der Waals surface area contributed by atoms with Crippen LogP contribution in [0.3, 0.4) is 0 Å². The Morgan fingerprint density at radius 3 is 2.81 bits per heavy atom. The second kappa shape index (κ2) is 7.28. The molecule has 0 bridgehead atoms. The predicted octanol–water partition coefficient (Wildman–Crippen LogP) is 4.27. The second-order valence-electron chi connectivity index (χ2n) is 5.85. The Morgan fingerprint density at radius 1 is 1.35 bits per heavy atom. The van der Waals surface area contributed by atoms with Crippen LogP contribution in [0.25, 0.3) is 10.2 Å². The second-order valence-corrected chi connectivity index (χ2v) is 7.46. The number of nitriles is 1. The van der Waals surface area contributed by atoms with Gasteiger partial charge in [-0.05, 0) is 44.5 Å². The van der Waals surface area contributed by atoms with Crippen LogP contribution in [0, 0.1) is 25.2 Å². The molecule has 3 aromatic rings. The van der Waals surface area contributed by atoms with Crippen LogP contribution in [0.15, 0.2) is 24.5 Å². The van der Waals surface area contributed by atoms with Crippen LogP contribution in [0.4, 0.5) is 11.5 Å². The number of anilines is 2. The zero-order chi connectivity index (χ0) is 18.8. The van der Waals surface area contributed by atoms with Crippen LogP contribution >= 0.6 is 22.9 Å². The fourth-order valence-electron chi connectivity index (χ4n) is 2.50. The molecular formula is C18H16ClN5OS. The molecule has 1 amide bonds. The summed E-state index contributed by atoms with van der Waals surface area (Å²) < 4.78 is 0. The van der Waals surface area contributed by atoms with Gasteiger partial charge in [0.2, 0.25) is 5.91 Å². The molecule has 26 heavy (non-hydrogen) atoms. The van der Waals surface area contributed by atoms with Crippen molar-refractivity contribution < 1.29 is 4.79 Å². The Morgan fingerprint density at radius 2 is 2.12 bits per heavy atom. The molecule has 0 unspecified atom stereocenters. The van der Waals surface area contributed by atoms with Gasteiger partial charge in [0.1, 0.15) is 29.1 Å². The molecule has 0 fully saturated rings. The number of nitrogens with one attached hydrogen (secondary N) is 2. The summed E-state index contributed by atoms with van der Waals surface area (Å²) in [5.74, 6) is 0.402. The van der Waals surface area contributed by atoms with Crippen molar-refractivity contribution in [1.82, 2.24) is 9.97 Å². The number of aryl methyl sites for hydroxylation is 2. The van der Waals surface area contributed by atoms with Crippen molar-refractivity contribution in [2.75, 3.05) is 10.6 Å². The third kappa shape index (κ3) is 3.47. The Hall–Kier alpha value is -2.69. The molecule has 0 aliphatic carbocycles. The number of halogens is 1. The largest absolute Gasteiger partial charge is 0.358 e. The van der Waals surface area contributed by atoms with E-state index in [-0.39, 0.29) is 5.91 Å². The minimum atomic E-state index is -0.526. The van der Waals surface area contributed by atoms with Crippen molar-refractivity contribution in [3.63, 3.8) is 0 Å². The molecule has 0 aliphatic rings. The van der Waals surface area contributed by atoms with Gasteiger partial charge >= 0.3 is 0 Å². The first kappa shape index (κ1) is 18.1. The topological polar surface area (TPSA) is 90.7 Å². The van der Waals surface area contributed by atoms with E-state index < -0.39 is 6.04 Å². The first-order valence-electron chi connectivity index (χ1n) is 7.88. The van der Waals surface area contributed by atoms with Crippen molar-refractivity contribution in [2.45, 2.75) is 26.8 Å². The van der Waals surface area contributed by atoms with Crippen molar-refractivity contribution in [2.24, 2.45) is 0 Å². The van der Waals surface area contributed by atoms with Crippen LogP contribution < -0.4 is 10.6 Å². The highest BCUT2D eigenvalue weighted by Gasteiger charge is 2.18. The van der Waals surface area contributed by atoms with E-state index in [0.29, 0.717) is 22.1 Å². The molecule has 0 aliphatic heterocycles. The lowest BCUT2D eigenvalue weighted by Crippen LogP contribution is -2.32. The predicted molar refractivity (Wildman–Crippen MR) is 105 cm³/mol. The monoisotopic (exact) mass is 385 g/mol. The van der Waals surface area contributed by atoms with Crippen LogP contribution in [-0.2, 0) is 4.79 Å². The van der Waals surface area contributed by atoms with Gasteiger partial charge in [-0.15, -0.1) is 11.3 Å². The maximum atomic E-state index is 12.5. The average molecular weight is 386 g/mol. The highest BCUT2D eigenvalue weighted by molar-refractivity contribution is 7.18. The summed E-state index contributed by atoms with van der Waals surface area (Å²) in [6, 6.07) is 6.23. The number of benzene rings is 1. The fraction of sp³-hybridized carbons (Fsp3) is 0.222. The van der Waals surface area contributed by atoms with Crippen LogP contribution in [-0.4, -0.2) is 21.9 Å². The summed E-state index contributed by atoms with van der Waals surface area (Å²) in [5.41, 5.74) is 2.00.